The lowest BCUT2D eigenvalue weighted by Gasteiger charge is -2.20. The fraction of sp³-hybridized carbons (Fsp3) is 0.909. The molecule has 7 heteroatoms. The van der Waals surface area contributed by atoms with Crippen LogP contribution in [0.3, 0.4) is 0 Å². The molecule has 0 saturated carbocycles. The normalized spacial score (nSPS) is 12.1. The highest BCUT2D eigenvalue weighted by Gasteiger charge is 2.09. The van der Waals surface area contributed by atoms with Crippen molar-refractivity contribution in [3.63, 3.8) is 0 Å². The summed E-state index contributed by atoms with van der Waals surface area (Å²) in [4.78, 5) is 13.5. The monoisotopic (exact) mass is 279 g/mol. The van der Waals surface area contributed by atoms with E-state index >= 15 is 0 Å². The zero-order valence-electron chi connectivity index (χ0n) is 11.7. The first-order valence-electron chi connectivity index (χ1n) is 6.21. The van der Waals surface area contributed by atoms with Crippen LogP contribution in [0.4, 0.5) is 0 Å². The Hall–Kier alpha value is -0.660. The summed E-state index contributed by atoms with van der Waals surface area (Å²) in [6.07, 6.45) is 1.83. The molecule has 108 valence electrons. The summed E-state index contributed by atoms with van der Waals surface area (Å²) in [6.45, 7) is 8.05. The number of hydrogen-bond acceptors (Lipinski definition) is 4. The molecule has 6 nitrogen and oxygen atoms in total. The molecule has 0 rings (SSSR count). The topological polar surface area (TPSA) is 78.5 Å². The molecule has 0 unspecified atom stereocenters. The van der Waals surface area contributed by atoms with Gasteiger partial charge in [-0.15, -0.1) is 0 Å². The van der Waals surface area contributed by atoms with Gasteiger partial charge in [0.15, 0.2) is 0 Å². The van der Waals surface area contributed by atoms with E-state index in [4.69, 9.17) is 0 Å². The van der Waals surface area contributed by atoms with Crippen molar-refractivity contribution in [2.75, 3.05) is 32.4 Å². The number of nitrogens with one attached hydrogen (secondary N) is 2. The molecule has 0 aliphatic heterocycles. The summed E-state index contributed by atoms with van der Waals surface area (Å²) in [7, 11) is -3.12. The maximum absolute atomic E-state index is 11.6. The maximum Gasteiger partial charge on any atom is 0.234 e. The molecule has 0 bridgehead atoms. The smallest absolute Gasteiger partial charge is 0.234 e. The number of nitrogens with zero attached hydrogens (tertiary/aromatic N) is 1. The van der Waals surface area contributed by atoms with Crippen LogP contribution in [0.2, 0.25) is 0 Å². The lowest BCUT2D eigenvalue weighted by molar-refractivity contribution is -0.122. The molecule has 0 aromatic rings. The van der Waals surface area contributed by atoms with Crippen molar-refractivity contribution in [2.24, 2.45) is 0 Å². The Morgan fingerprint density at radius 3 is 2.39 bits per heavy atom. The molecule has 0 saturated heterocycles. The van der Waals surface area contributed by atoms with Crippen LogP contribution in [-0.2, 0) is 14.8 Å². The highest BCUT2D eigenvalue weighted by Crippen LogP contribution is 1.92. The largest absolute Gasteiger partial charge is 0.353 e. The first-order valence-corrected chi connectivity index (χ1v) is 8.10. The summed E-state index contributed by atoms with van der Waals surface area (Å²) < 4.78 is 24.1. The molecule has 2 N–H and O–H groups in total. The third-order valence-electron chi connectivity index (χ3n) is 2.28. The Labute approximate surface area is 110 Å². The molecular formula is C11H25N3O3S. The molecule has 0 aromatic heterocycles. The third kappa shape index (κ3) is 10.5. The minimum absolute atomic E-state index is 0.00271. The van der Waals surface area contributed by atoms with E-state index in [1.54, 1.807) is 0 Å². The number of hydrogen-bond donors (Lipinski definition) is 2. The molecule has 0 heterocycles. The minimum Gasteiger partial charge on any atom is -0.353 e. The second kappa shape index (κ2) is 8.44. The van der Waals surface area contributed by atoms with Gasteiger partial charge in [-0.3, -0.25) is 9.69 Å². The number of rotatable bonds is 9. The average Bonchev–Trinajstić information content (AvgIpc) is 2.19. The lowest BCUT2D eigenvalue weighted by Crippen LogP contribution is -2.40. The van der Waals surface area contributed by atoms with Crippen molar-refractivity contribution in [1.29, 1.82) is 0 Å². The second-order valence-corrected chi connectivity index (χ2v) is 6.44. The Morgan fingerprint density at radius 2 is 1.94 bits per heavy atom. The predicted molar refractivity (Wildman–Crippen MR) is 72.9 cm³/mol. The van der Waals surface area contributed by atoms with Crippen LogP contribution in [0.25, 0.3) is 0 Å². The molecule has 0 radical (unpaired) electrons. The second-order valence-electron chi connectivity index (χ2n) is 4.61. The van der Waals surface area contributed by atoms with Gasteiger partial charge in [-0.1, -0.05) is 6.92 Å². The summed E-state index contributed by atoms with van der Waals surface area (Å²) in [5, 5.41) is 2.83. The van der Waals surface area contributed by atoms with E-state index in [1.807, 2.05) is 25.7 Å². The highest BCUT2D eigenvalue weighted by molar-refractivity contribution is 7.88. The van der Waals surface area contributed by atoms with Crippen molar-refractivity contribution in [3.05, 3.63) is 0 Å². The molecule has 0 aromatic carbocycles. The van der Waals surface area contributed by atoms with Gasteiger partial charge >= 0.3 is 0 Å². The van der Waals surface area contributed by atoms with Gasteiger partial charge in [0.05, 0.1) is 12.8 Å². The highest BCUT2D eigenvalue weighted by atomic mass is 32.2. The van der Waals surface area contributed by atoms with Crippen molar-refractivity contribution < 1.29 is 13.2 Å². The van der Waals surface area contributed by atoms with Crippen LogP contribution in [-0.4, -0.2) is 57.7 Å². The van der Waals surface area contributed by atoms with Gasteiger partial charge in [0.1, 0.15) is 0 Å². The van der Waals surface area contributed by atoms with Gasteiger partial charge in [-0.25, -0.2) is 13.1 Å². The van der Waals surface area contributed by atoms with Crippen molar-refractivity contribution in [3.8, 4) is 0 Å². The van der Waals surface area contributed by atoms with E-state index in [1.165, 1.54) is 0 Å². The fourth-order valence-electron chi connectivity index (χ4n) is 1.48. The van der Waals surface area contributed by atoms with Crippen molar-refractivity contribution in [2.45, 2.75) is 33.2 Å². The van der Waals surface area contributed by atoms with E-state index in [-0.39, 0.29) is 11.9 Å². The zero-order chi connectivity index (χ0) is 14.2. The zero-order valence-corrected chi connectivity index (χ0v) is 12.5. The SMILES string of the molecule is CCN(CCCNS(C)(=O)=O)CC(=O)NC(C)C. The number of likely N-dealkylation sites (N-methyl/N-ethyl adjacent to an activating group) is 1. The van der Waals surface area contributed by atoms with Crippen molar-refractivity contribution >= 4 is 15.9 Å². The van der Waals surface area contributed by atoms with Gasteiger partial charge in [0.25, 0.3) is 0 Å². The Kier molecular flexibility index (Phi) is 8.13. The summed E-state index contributed by atoms with van der Waals surface area (Å²) >= 11 is 0. The van der Waals surface area contributed by atoms with Crippen LogP contribution in [0, 0.1) is 0 Å². The van der Waals surface area contributed by atoms with E-state index < -0.39 is 10.0 Å². The predicted octanol–water partition coefficient (Wildman–Crippen LogP) is -0.228. The minimum atomic E-state index is -3.12. The van der Waals surface area contributed by atoms with Crippen LogP contribution < -0.4 is 10.0 Å². The number of carbonyl (C=O) groups is 1. The molecule has 1 amide bonds. The average molecular weight is 279 g/mol. The quantitative estimate of drug-likeness (QED) is 0.572. The standard InChI is InChI=1S/C11H25N3O3S/c1-5-14(9-11(15)13-10(2)3)8-6-7-12-18(4,16)17/h10,12H,5-9H2,1-4H3,(H,13,15). The molecule has 0 spiro atoms. The number of sulfonamides is 1. The molecular weight excluding hydrogens is 254 g/mol. The van der Waals surface area contributed by atoms with E-state index in [0.29, 0.717) is 26.1 Å². The third-order valence-corrected chi connectivity index (χ3v) is 3.01. The van der Waals surface area contributed by atoms with Crippen LogP contribution >= 0.6 is 0 Å². The lowest BCUT2D eigenvalue weighted by atomic mass is 10.3. The first kappa shape index (κ1) is 17.3. The van der Waals surface area contributed by atoms with E-state index in [9.17, 15) is 13.2 Å². The van der Waals surface area contributed by atoms with E-state index in [2.05, 4.69) is 10.0 Å². The number of carbonyl (C=O) groups excluding carboxylic acids is 1. The van der Waals surface area contributed by atoms with Gasteiger partial charge < -0.3 is 5.32 Å². The fourth-order valence-corrected chi connectivity index (χ4v) is 2.00. The summed E-state index contributed by atoms with van der Waals surface area (Å²) in [5.41, 5.74) is 0. The van der Waals surface area contributed by atoms with Crippen molar-refractivity contribution in [1.82, 2.24) is 14.9 Å². The molecule has 0 aliphatic carbocycles. The Morgan fingerprint density at radius 1 is 1.33 bits per heavy atom. The van der Waals surface area contributed by atoms with Gasteiger partial charge in [-0.2, -0.15) is 0 Å². The van der Waals surface area contributed by atoms with Gasteiger partial charge in [0, 0.05) is 12.6 Å². The molecule has 0 atom stereocenters. The Balaban J connectivity index is 3.87. The van der Waals surface area contributed by atoms with E-state index in [0.717, 1.165) is 12.8 Å². The first-order chi connectivity index (χ1) is 8.24. The maximum atomic E-state index is 11.6. The molecule has 0 fully saturated rings. The molecule has 0 aliphatic rings. The summed E-state index contributed by atoms with van der Waals surface area (Å²) in [6, 6.07) is 0.142. The Bertz CT molecular complexity index is 341. The van der Waals surface area contributed by atoms with Gasteiger partial charge in [0.2, 0.25) is 15.9 Å². The molecule has 18 heavy (non-hydrogen) atoms. The van der Waals surface area contributed by atoms with Crippen LogP contribution in [0.5, 0.6) is 0 Å². The van der Waals surface area contributed by atoms with Crippen LogP contribution in [0.1, 0.15) is 27.2 Å². The number of amides is 1. The van der Waals surface area contributed by atoms with Gasteiger partial charge in [-0.05, 0) is 33.4 Å². The summed E-state index contributed by atoms with van der Waals surface area (Å²) in [5.74, 6) is 0.00271. The van der Waals surface area contributed by atoms with Crippen LogP contribution in [0.15, 0.2) is 0 Å².